The minimum atomic E-state index is -0.989. The number of fused-ring (bicyclic) bond motifs is 1. The Hall–Kier alpha value is -3.13. The Morgan fingerprint density at radius 2 is 1.82 bits per heavy atom. The van der Waals surface area contributed by atoms with Gasteiger partial charge in [-0.3, -0.25) is 19.2 Å². The second-order valence-corrected chi connectivity index (χ2v) is 8.95. The van der Waals surface area contributed by atoms with Gasteiger partial charge in [0.1, 0.15) is 17.7 Å². The summed E-state index contributed by atoms with van der Waals surface area (Å²) < 4.78 is 15.2. The van der Waals surface area contributed by atoms with E-state index in [1.807, 2.05) is 12.1 Å². The Morgan fingerprint density at radius 1 is 1.03 bits per heavy atom. The number of aliphatic hydroxyl groups is 1. The number of hydrogen-bond donors (Lipinski definition) is 1. The molecule has 4 aromatic rings. The average Bonchev–Trinajstić information content (AvgIpc) is 3.34. The number of para-hydroxylation sites is 1. The monoisotopic (exact) mass is 478 g/mol. The molecule has 6 nitrogen and oxygen atoms in total. The molecule has 34 heavy (non-hydrogen) atoms. The van der Waals surface area contributed by atoms with Crippen LogP contribution in [0.3, 0.4) is 0 Å². The van der Waals surface area contributed by atoms with Gasteiger partial charge in [0.2, 0.25) is 0 Å². The topological polar surface area (TPSA) is 71.2 Å². The minimum Gasteiger partial charge on any atom is -0.386 e. The van der Waals surface area contributed by atoms with E-state index in [2.05, 4.69) is 14.9 Å². The molecule has 5 rings (SSSR count). The molecule has 1 atom stereocenters. The third-order valence-corrected chi connectivity index (χ3v) is 6.44. The maximum atomic E-state index is 13.9. The molecule has 1 N–H and O–H groups in total. The number of hydrogen-bond acceptors (Lipinski definition) is 5. The predicted molar refractivity (Wildman–Crippen MR) is 130 cm³/mol. The van der Waals surface area contributed by atoms with Crippen molar-refractivity contribution in [2.45, 2.75) is 31.9 Å². The third-order valence-electron chi connectivity index (χ3n) is 6.12. The van der Waals surface area contributed by atoms with Gasteiger partial charge in [-0.05, 0) is 68.4 Å². The summed E-state index contributed by atoms with van der Waals surface area (Å²) in [6.07, 6.45) is 1.43. The Morgan fingerprint density at radius 3 is 2.62 bits per heavy atom. The lowest BCUT2D eigenvalue weighted by Gasteiger charge is -2.18. The van der Waals surface area contributed by atoms with Crippen molar-refractivity contribution in [2.24, 2.45) is 0 Å². The average molecular weight is 479 g/mol. The quantitative estimate of drug-likeness (QED) is 0.443. The highest BCUT2D eigenvalue weighted by Gasteiger charge is 2.20. The van der Waals surface area contributed by atoms with E-state index in [1.54, 1.807) is 30.3 Å². The van der Waals surface area contributed by atoms with Crippen molar-refractivity contribution in [1.82, 2.24) is 19.4 Å². The van der Waals surface area contributed by atoms with Gasteiger partial charge in [-0.1, -0.05) is 29.8 Å². The van der Waals surface area contributed by atoms with E-state index in [0.717, 1.165) is 25.3 Å². The Kier molecular flexibility index (Phi) is 6.41. The maximum Gasteiger partial charge on any atom is 0.266 e. The van der Waals surface area contributed by atoms with Crippen molar-refractivity contribution in [3.05, 3.63) is 99.1 Å². The zero-order valence-electron chi connectivity index (χ0n) is 18.5. The molecule has 8 heteroatoms. The largest absolute Gasteiger partial charge is 0.386 e. The number of aliphatic hydroxyl groups excluding tert-OH is 1. The van der Waals surface area contributed by atoms with E-state index in [4.69, 9.17) is 11.6 Å². The molecule has 0 aliphatic carbocycles. The standard InChI is InChI=1S/C26H24ClFN4O2/c27-20-7-1-2-9-23(20)32-25(30-21-11-10-17(28)14-19(21)26(32)34)15-24(33)22-8-5-6-18(29-22)16-31-12-3-4-13-31/h1-2,5-11,14,24,33H,3-4,12-13,15-16H2. The van der Waals surface area contributed by atoms with Crippen molar-refractivity contribution in [2.75, 3.05) is 13.1 Å². The van der Waals surface area contributed by atoms with Gasteiger partial charge in [0.15, 0.2) is 0 Å². The zero-order valence-corrected chi connectivity index (χ0v) is 19.2. The summed E-state index contributed by atoms with van der Waals surface area (Å²) in [4.78, 5) is 25.0. The van der Waals surface area contributed by atoms with Gasteiger partial charge < -0.3 is 5.11 Å². The molecule has 1 saturated heterocycles. The molecule has 0 saturated carbocycles. The fourth-order valence-corrected chi connectivity index (χ4v) is 4.66. The molecule has 1 unspecified atom stereocenters. The van der Waals surface area contributed by atoms with Crippen LogP contribution in [0.15, 0.2) is 65.5 Å². The molecule has 2 aromatic carbocycles. The van der Waals surface area contributed by atoms with Crippen LogP contribution in [0.4, 0.5) is 4.39 Å². The third kappa shape index (κ3) is 4.59. The van der Waals surface area contributed by atoms with Gasteiger partial charge in [0.25, 0.3) is 5.56 Å². The van der Waals surface area contributed by atoms with E-state index in [1.165, 1.54) is 35.6 Å². The number of rotatable bonds is 6. The Labute approximate surface area is 201 Å². The highest BCUT2D eigenvalue weighted by Crippen LogP contribution is 2.24. The number of aromatic nitrogens is 3. The number of likely N-dealkylation sites (tertiary alicyclic amines) is 1. The van der Waals surface area contributed by atoms with Crippen LogP contribution in [-0.4, -0.2) is 37.6 Å². The van der Waals surface area contributed by atoms with E-state index < -0.39 is 17.5 Å². The molecule has 0 radical (unpaired) electrons. The van der Waals surface area contributed by atoms with E-state index in [0.29, 0.717) is 27.7 Å². The van der Waals surface area contributed by atoms with Gasteiger partial charge in [-0.2, -0.15) is 0 Å². The van der Waals surface area contributed by atoms with Crippen molar-refractivity contribution in [3.8, 4) is 5.69 Å². The first kappa shape index (κ1) is 22.7. The first-order chi connectivity index (χ1) is 16.5. The molecular formula is C26H24ClFN4O2. The summed E-state index contributed by atoms with van der Waals surface area (Å²) in [6.45, 7) is 2.85. The van der Waals surface area contributed by atoms with Crippen LogP contribution in [0.1, 0.15) is 36.2 Å². The number of nitrogens with zero attached hydrogens (tertiary/aromatic N) is 4. The smallest absolute Gasteiger partial charge is 0.266 e. The molecule has 1 aliphatic heterocycles. The van der Waals surface area contributed by atoms with Crippen LogP contribution >= 0.6 is 11.6 Å². The summed E-state index contributed by atoms with van der Waals surface area (Å²) >= 11 is 6.40. The first-order valence-electron chi connectivity index (χ1n) is 11.3. The Bertz CT molecular complexity index is 1400. The lowest BCUT2D eigenvalue weighted by atomic mass is 10.1. The Balaban J connectivity index is 1.54. The number of halogens is 2. The molecule has 2 aromatic heterocycles. The van der Waals surface area contributed by atoms with Crippen LogP contribution < -0.4 is 5.56 Å². The lowest BCUT2D eigenvalue weighted by molar-refractivity contribution is 0.169. The van der Waals surface area contributed by atoms with E-state index in [-0.39, 0.29) is 11.8 Å². The van der Waals surface area contributed by atoms with Gasteiger partial charge in [0, 0.05) is 13.0 Å². The van der Waals surface area contributed by atoms with Crippen LogP contribution in [0, 0.1) is 5.82 Å². The highest BCUT2D eigenvalue weighted by molar-refractivity contribution is 6.32. The number of benzene rings is 2. The SMILES string of the molecule is O=c1c2cc(F)ccc2nc(CC(O)c2cccc(CN3CCCC3)n2)n1-c1ccccc1Cl. The highest BCUT2D eigenvalue weighted by atomic mass is 35.5. The molecule has 1 fully saturated rings. The predicted octanol–water partition coefficient (Wildman–Crippen LogP) is 4.45. The summed E-state index contributed by atoms with van der Waals surface area (Å²) in [5.41, 5.74) is 1.73. The zero-order chi connectivity index (χ0) is 23.7. The van der Waals surface area contributed by atoms with Crippen molar-refractivity contribution in [3.63, 3.8) is 0 Å². The molecule has 1 aliphatic rings. The number of pyridine rings is 1. The summed E-state index contributed by atoms with van der Waals surface area (Å²) in [5.74, 6) is -0.208. The normalized spacial score (nSPS) is 15.1. The molecule has 0 bridgehead atoms. The molecular weight excluding hydrogens is 455 g/mol. The molecule has 174 valence electrons. The van der Waals surface area contributed by atoms with Crippen LogP contribution in [0.25, 0.3) is 16.6 Å². The van der Waals surface area contributed by atoms with Crippen molar-refractivity contribution < 1.29 is 9.50 Å². The first-order valence-corrected chi connectivity index (χ1v) is 11.7. The van der Waals surface area contributed by atoms with Crippen molar-refractivity contribution >= 4 is 22.5 Å². The lowest BCUT2D eigenvalue weighted by Crippen LogP contribution is -2.26. The molecule has 0 amide bonds. The molecule has 0 spiro atoms. The minimum absolute atomic E-state index is 0.0357. The maximum absolute atomic E-state index is 13.9. The van der Waals surface area contributed by atoms with Gasteiger partial charge in [0.05, 0.1) is 33.0 Å². The van der Waals surface area contributed by atoms with E-state index in [9.17, 15) is 14.3 Å². The van der Waals surface area contributed by atoms with Crippen LogP contribution in [0.5, 0.6) is 0 Å². The summed E-state index contributed by atoms with van der Waals surface area (Å²) in [5, 5.41) is 11.6. The summed E-state index contributed by atoms with van der Waals surface area (Å²) in [7, 11) is 0. The fourth-order valence-electron chi connectivity index (χ4n) is 4.44. The second kappa shape index (κ2) is 9.62. The molecule has 3 heterocycles. The van der Waals surface area contributed by atoms with Crippen LogP contribution in [0.2, 0.25) is 5.02 Å². The second-order valence-electron chi connectivity index (χ2n) is 8.54. The van der Waals surface area contributed by atoms with E-state index >= 15 is 0 Å². The van der Waals surface area contributed by atoms with Crippen molar-refractivity contribution in [1.29, 1.82) is 0 Å². The van der Waals surface area contributed by atoms with Gasteiger partial charge in [-0.25, -0.2) is 9.37 Å². The summed E-state index contributed by atoms with van der Waals surface area (Å²) in [6, 6.07) is 16.4. The van der Waals surface area contributed by atoms with Gasteiger partial charge >= 0.3 is 0 Å². The van der Waals surface area contributed by atoms with Crippen LogP contribution in [-0.2, 0) is 13.0 Å². The fraction of sp³-hybridized carbons (Fsp3) is 0.269. The van der Waals surface area contributed by atoms with Gasteiger partial charge in [-0.15, -0.1) is 0 Å².